The van der Waals surface area contributed by atoms with Gasteiger partial charge in [0.1, 0.15) is 0 Å². The first kappa shape index (κ1) is 13.5. The average Bonchev–Trinajstić information content (AvgIpc) is 2.75. The van der Waals surface area contributed by atoms with Crippen LogP contribution in [0, 0.1) is 0 Å². The van der Waals surface area contributed by atoms with Crippen LogP contribution in [0.5, 0.6) is 0 Å². The Kier molecular flexibility index (Phi) is 4.38. The number of benzene rings is 1. The molecule has 1 aromatic carbocycles. The van der Waals surface area contributed by atoms with Crippen molar-refractivity contribution in [2.75, 3.05) is 13.2 Å². The summed E-state index contributed by atoms with van der Waals surface area (Å²) in [4.78, 5) is 0. The third-order valence-electron chi connectivity index (χ3n) is 3.91. The lowest BCUT2D eigenvalue weighted by Crippen LogP contribution is -2.55. The summed E-state index contributed by atoms with van der Waals surface area (Å²) in [5, 5.41) is 12.6. The van der Waals surface area contributed by atoms with Gasteiger partial charge < -0.3 is 16.2 Å². The van der Waals surface area contributed by atoms with E-state index in [-0.39, 0.29) is 12.1 Å². The first-order valence-corrected chi connectivity index (χ1v) is 6.84. The lowest BCUT2D eigenvalue weighted by Gasteiger charge is -2.32. The van der Waals surface area contributed by atoms with E-state index < -0.39 is 0 Å². The van der Waals surface area contributed by atoms with Gasteiger partial charge in [-0.3, -0.25) is 0 Å². The number of hydrogen-bond acceptors (Lipinski definition) is 3. The first-order valence-electron chi connectivity index (χ1n) is 6.84. The van der Waals surface area contributed by atoms with E-state index in [0.29, 0.717) is 12.6 Å². The normalized spacial score (nSPS) is 18.6. The molecule has 3 heteroatoms. The summed E-state index contributed by atoms with van der Waals surface area (Å²) in [7, 11) is 0. The summed E-state index contributed by atoms with van der Waals surface area (Å²) in [6.07, 6.45) is 3.88. The molecule has 0 fully saturated rings. The predicted molar refractivity (Wildman–Crippen MR) is 74.6 cm³/mol. The number of nitrogens with one attached hydrogen (secondary N) is 1. The second-order valence-corrected chi connectivity index (χ2v) is 5.52. The van der Waals surface area contributed by atoms with E-state index in [1.165, 1.54) is 11.1 Å². The van der Waals surface area contributed by atoms with Gasteiger partial charge in [0.15, 0.2) is 0 Å². The summed E-state index contributed by atoms with van der Waals surface area (Å²) < 4.78 is 0. The van der Waals surface area contributed by atoms with Crippen LogP contribution >= 0.6 is 0 Å². The van der Waals surface area contributed by atoms with Gasteiger partial charge in [0.05, 0.1) is 0 Å². The highest BCUT2D eigenvalue weighted by Gasteiger charge is 2.36. The Morgan fingerprint density at radius 1 is 1.33 bits per heavy atom. The van der Waals surface area contributed by atoms with E-state index in [9.17, 15) is 0 Å². The van der Waals surface area contributed by atoms with E-state index in [0.717, 1.165) is 25.7 Å². The van der Waals surface area contributed by atoms with Gasteiger partial charge in [-0.15, -0.1) is 0 Å². The Hall–Kier alpha value is -0.900. The van der Waals surface area contributed by atoms with E-state index in [2.05, 4.69) is 36.5 Å². The van der Waals surface area contributed by atoms with Crippen molar-refractivity contribution < 1.29 is 5.11 Å². The minimum Gasteiger partial charge on any atom is -0.396 e. The molecule has 0 saturated heterocycles. The summed E-state index contributed by atoms with van der Waals surface area (Å²) >= 11 is 0. The van der Waals surface area contributed by atoms with Crippen molar-refractivity contribution in [1.29, 1.82) is 0 Å². The molecule has 2 rings (SSSR count). The molecular weight excluding hydrogens is 224 g/mol. The third kappa shape index (κ3) is 2.91. The Bertz CT molecular complexity index is 367. The maximum atomic E-state index is 8.89. The molecular formula is C15H24N2O. The minimum absolute atomic E-state index is 0.0125. The van der Waals surface area contributed by atoms with Crippen LogP contribution in [-0.2, 0) is 12.8 Å². The van der Waals surface area contributed by atoms with Crippen molar-refractivity contribution in [3.63, 3.8) is 0 Å². The van der Waals surface area contributed by atoms with Crippen LogP contribution in [0.25, 0.3) is 0 Å². The zero-order valence-electron chi connectivity index (χ0n) is 11.2. The number of aliphatic hydroxyl groups excluding tert-OH is 1. The minimum atomic E-state index is 0.0125. The molecule has 1 aliphatic rings. The SMILES string of the molecule is CC(CCCO)NC1(CN)Cc2ccccc2C1. The Balaban J connectivity index is 2.02. The molecule has 100 valence electrons. The zero-order chi connectivity index (χ0) is 13.0. The molecule has 0 radical (unpaired) electrons. The fourth-order valence-electron chi connectivity index (χ4n) is 2.99. The van der Waals surface area contributed by atoms with Gasteiger partial charge in [0, 0.05) is 24.7 Å². The van der Waals surface area contributed by atoms with Gasteiger partial charge in [0.2, 0.25) is 0 Å². The zero-order valence-corrected chi connectivity index (χ0v) is 11.2. The van der Waals surface area contributed by atoms with Crippen molar-refractivity contribution in [2.24, 2.45) is 5.73 Å². The third-order valence-corrected chi connectivity index (χ3v) is 3.91. The standard InChI is InChI=1S/C15H24N2O/c1-12(5-4-8-18)17-15(11-16)9-13-6-2-3-7-14(13)10-15/h2-3,6-7,12,17-18H,4-5,8-11,16H2,1H3. The van der Waals surface area contributed by atoms with E-state index in [1.54, 1.807) is 0 Å². The van der Waals surface area contributed by atoms with Crippen LogP contribution in [0.1, 0.15) is 30.9 Å². The molecule has 0 heterocycles. The van der Waals surface area contributed by atoms with Crippen molar-refractivity contribution in [3.8, 4) is 0 Å². The summed E-state index contributed by atoms with van der Waals surface area (Å²) in [6, 6.07) is 9.00. The molecule has 18 heavy (non-hydrogen) atoms. The monoisotopic (exact) mass is 248 g/mol. The summed E-state index contributed by atoms with van der Waals surface area (Å²) in [6.45, 7) is 3.10. The molecule has 1 unspecified atom stereocenters. The first-order chi connectivity index (χ1) is 8.69. The van der Waals surface area contributed by atoms with E-state index >= 15 is 0 Å². The van der Waals surface area contributed by atoms with Crippen molar-refractivity contribution in [1.82, 2.24) is 5.32 Å². The van der Waals surface area contributed by atoms with Crippen LogP contribution in [-0.4, -0.2) is 29.8 Å². The Morgan fingerprint density at radius 3 is 2.44 bits per heavy atom. The number of rotatable bonds is 6. The molecule has 0 bridgehead atoms. The molecule has 0 saturated carbocycles. The smallest absolute Gasteiger partial charge is 0.0431 e. The van der Waals surface area contributed by atoms with Crippen molar-refractivity contribution >= 4 is 0 Å². The van der Waals surface area contributed by atoms with E-state index in [1.807, 2.05) is 0 Å². The van der Waals surface area contributed by atoms with Gasteiger partial charge in [-0.05, 0) is 43.7 Å². The highest BCUT2D eigenvalue weighted by molar-refractivity contribution is 5.36. The number of hydrogen-bond donors (Lipinski definition) is 3. The predicted octanol–water partition coefficient (Wildman–Crippen LogP) is 1.23. The molecule has 1 aromatic rings. The van der Waals surface area contributed by atoms with E-state index in [4.69, 9.17) is 10.8 Å². The van der Waals surface area contributed by atoms with Crippen molar-refractivity contribution in [3.05, 3.63) is 35.4 Å². The molecule has 1 atom stereocenters. The van der Waals surface area contributed by atoms with Crippen LogP contribution in [0.15, 0.2) is 24.3 Å². The molecule has 4 N–H and O–H groups in total. The Labute approximate surface area is 109 Å². The van der Waals surface area contributed by atoms with Crippen molar-refractivity contribution in [2.45, 2.75) is 44.2 Å². The van der Waals surface area contributed by atoms with Gasteiger partial charge in [-0.25, -0.2) is 0 Å². The molecule has 1 aliphatic carbocycles. The van der Waals surface area contributed by atoms with Gasteiger partial charge in [-0.1, -0.05) is 24.3 Å². The second-order valence-electron chi connectivity index (χ2n) is 5.52. The number of fused-ring (bicyclic) bond motifs is 1. The van der Waals surface area contributed by atoms with Gasteiger partial charge in [0.25, 0.3) is 0 Å². The molecule has 0 spiro atoms. The number of aliphatic hydroxyl groups is 1. The maximum absolute atomic E-state index is 8.89. The average molecular weight is 248 g/mol. The van der Waals surface area contributed by atoms with Crippen LogP contribution in [0.3, 0.4) is 0 Å². The second kappa shape index (κ2) is 5.83. The quantitative estimate of drug-likeness (QED) is 0.710. The lowest BCUT2D eigenvalue weighted by molar-refractivity contribution is 0.256. The fourth-order valence-corrected chi connectivity index (χ4v) is 2.99. The maximum Gasteiger partial charge on any atom is 0.0431 e. The molecule has 0 aromatic heterocycles. The fraction of sp³-hybridized carbons (Fsp3) is 0.600. The summed E-state index contributed by atoms with van der Waals surface area (Å²) in [5.41, 5.74) is 8.87. The highest BCUT2D eigenvalue weighted by atomic mass is 16.2. The molecule has 0 aliphatic heterocycles. The molecule has 3 nitrogen and oxygen atoms in total. The summed E-state index contributed by atoms with van der Waals surface area (Å²) in [5.74, 6) is 0. The number of nitrogens with two attached hydrogens (primary N) is 1. The van der Waals surface area contributed by atoms with Gasteiger partial charge in [-0.2, -0.15) is 0 Å². The molecule has 0 amide bonds. The highest BCUT2D eigenvalue weighted by Crippen LogP contribution is 2.30. The topological polar surface area (TPSA) is 58.3 Å². The van der Waals surface area contributed by atoms with Crippen LogP contribution in [0.4, 0.5) is 0 Å². The largest absolute Gasteiger partial charge is 0.396 e. The lowest BCUT2D eigenvalue weighted by atomic mass is 9.94. The Morgan fingerprint density at radius 2 is 1.94 bits per heavy atom. The van der Waals surface area contributed by atoms with Crippen LogP contribution < -0.4 is 11.1 Å². The van der Waals surface area contributed by atoms with Crippen LogP contribution in [0.2, 0.25) is 0 Å². The van der Waals surface area contributed by atoms with Gasteiger partial charge >= 0.3 is 0 Å².